The third kappa shape index (κ3) is 3.02. The van der Waals surface area contributed by atoms with E-state index < -0.39 is 10.0 Å². The van der Waals surface area contributed by atoms with Gasteiger partial charge in [0.25, 0.3) is 0 Å². The van der Waals surface area contributed by atoms with Gasteiger partial charge < -0.3 is 0 Å². The summed E-state index contributed by atoms with van der Waals surface area (Å²) in [6, 6.07) is 0. The predicted molar refractivity (Wildman–Crippen MR) is 52.0 cm³/mol. The van der Waals surface area contributed by atoms with Crippen LogP contribution in [0.4, 0.5) is 0 Å². The van der Waals surface area contributed by atoms with Gasteiger partial charge in [-0.1, -0.05) is 0 Å². The van der Waals surface area contributed by atoms with E-state index in [2.05, 4.69) is 9.93 Å². The van der Waals surface area contributed by atoms with E-state index in [0.717, 1.165) is 23.6 Å². The van der Waals surface area contributed by atoms with Crippen molar-refractivity contribution in [1.29, 1.82) is 0 Å². The summed E-state index contributed by atoms with van der Waals surface area (Å²) in [6.45, 7) is 1.59. The van der Waals surface area contributed by atoms with Gasteiger partial charge in [-0.3, -0.25) is 0 Å². The average Bonchev–Trinajstić information content (AvgIpc) is 2.53. The molecule has 0 aromatic heterocycles. The van der Waals surface area contributed by atoms with Gasteiger partial charge in [-0.05, 0) is 19.1 Å². The number of rotatable bonds is 3. The van der Waals surface area contributed by atoms with Crippen LogP contribution in [-0.2, 0) is 10.0 Å². The topological polar surface area (TPSA) is 58.5 Å². The molecule has 4 nitrogen and oxygen atoms in total. The second-order valence-electron chi connectivity index (χ2n) is 2.48. The lowest BCUT2D eigenvalue weighted by Crippen LogP contribution is -2.21. The number of sulfonamides is 1. The Labute approximate surface area is 76.9 Å². The maximum Gasteiger partial charge on any atom is 0.247 e. The van der Waals surface area contributed by atoms with Gasteiger partial charge in [0.15, 0.2) is 0 Å². The smallest absolute Gasteiger partial charge is 0.205 e. The van der Waals surface area contributed by atoms with E-state index >= 15 is 0 Å². The van der Waals surface area contributed by atoms with Crippen LogP contribution in [0.1, 0.15) is 13.3 Å². The molecule has 0 unspecified atom stereocenters. The first-order chi connectivity index (χ1) is 5.64. The molecule has 1 N–H and O–H groups in total. The molecule has 0 aliphatic carbocycles. The van der Waals surface area contributed by atoms with Crippen molar-refractivity contribution < 1.29 is 8.42 Å². The Kier molecular flexibility index (Phi) is 3.39. The first kappa shape index (κ1) is 9.85. The third-order valence-electron chi connectivity index (χ3n) is 1.53. The number of hydrazone groups is 1. The fourth-order valence-electron chi connectivity index (χ4n) is 0.739. The normalized spacial score (nSPS) is 21.6. The summed E-state index contributed by atoms with van der Waals surface area (Å²) in [5, 5.41) is 3.82. The highest BCUT2D eigenvalue weighted by molar-refractivity contribution is 8.00. The summed E-state index contributed by atoms with van der Waals surface area (Å²) in [7, 11) is -3.15. The third-order valence-corrected chi connectivity index (χ3v) is 3.69. The molecule has 0 amide bonds. The second kappa shape index (κ2) is 4.13. The lowest BCUT2D eigenvalue weighted by molar-refractivity contribution is 0.585. The minimum atomic E-state index is -3.15. The highest BCUT2D eigenvalue weighted by atomic mass is 32.2. The first-order valence-electron chi connectivity index (χ1n) is 3.76. The van der Waals surface area contributed by atoms with E-state index in [1.807, 2.05) is 0 Å². The Balaban J connectivity index is 2.48. The molecule has 1 aliphatic rings. The molecule has 0 atom stereocenters. The SMILES string of the molecule is CCS(=O)(=O)N/N=C1\CCSC1. The van der Waals surface area contributed by atoms with E-state index in [-0.39, 0.29) is 5.75 Å². The highest BCUT2D eigenvalue weighted by Crippen LogP contribution is 2.13. The summed E-state index contributed by atoms with van der Waals surface area (Å²) in [4.78, 5) is 2.20. The first-order valence-corrected chi connectivity index (χ1v) is 6.57. The number of thioether (sulfide) groups is 1. The van der Waals surface area contributed by atoms with Crippen LogP contribution in [-0.4, -0.2) is 31.4 Å². The number of hydrogen-bond donors (Lipinski definition) is 1. The van der Waals surface area contributed by atoms with Gasteiger partial charge in [-0.25, -0.2) is 13.2 Å². The van der Waals surface area contributed by atoms with Gasteiger partial charge in [0.2, 0.25) is 10.0 Å². The molecule has 6 heteroatoms. The summed E-state index contributed by atoms with van der Waals surface area (Å²) >= 11 is 1.77. The van der Waals surface area contributed by atoms with Crippen LogP contribution < -0.4 is 4.83 Å². The van der Waals surface area contributed by atoms with Crippen molar-refractivity contribution in [3.8, 4) is 0 Å². The Morgan fingerprint density at radius 2 is 2.42 bits per heavy atom. The van der Waals surface area contributed by atoms with Gasteiger partial charge >= 0.3 is 0 Å². The van der Waals surface area contributed by atoms with Crippen LogP contribution in [0.25, 0.3) is 0 Å². The molecule has 70 valence electrons. The fraction of sp³-hybridized carbons (Fsp3) is 0.833. The van der Waals surface area contributed by atoms with Gasteiger partial charge in [0, 0.05) is 11.5 Å². The predicted octanol–water partition coefficient (Wildman–Crippen LogP) is 0.419. The fourth-order valence-corrected chi connectivity index (χ4v) is 2.11. The number of nitrogens with one attached hydrogen (secondary N) is 1. The average molecular weight is 208 g/mol. The van der Waals surface area contributed by atoms with Gasteiger partial charge in [-0.15, -0.1) is 0 Å². The quantitative estimate of drug-likeness (QED) is 0.684. The molecule has 0 bridgehead atoms. The van der Waals surface area contributed by atoms with Gasteiger partial charge in [-0.2, -0.15) is 16.9 Å². The minimum Gasteiger partial charge on any atom is -0.205 e. The monoisotopic (exact) mass is 208 g/mol. The minimum absolute atomic E-state index is 0.0803. The van der Waals surface area contributed by atoms with E-state index in [0.29, 0.717) is 0 Å². The lowest BCUT2D eigenvalue weighted by Gasteiger charge is -1.99. The Morgan fingerprint density at radius 3 is 2.92 bits per heavy atom. The zero-order valence-electron chi connectivity index (χ0n) is 6.91. The summed E-state index contributed by atoms with van der Waals surface area (Å²) in [6.07, 6.45) is 0.900. The Morgan fingerprint density at radius 1 is 1.67 bits per heavy atom. The molecule has 0 saturated carbocycles. The Bertz CT molecular complexity index is 263. The van der Waals surface area contributed by atoms with Gasteiger partial charge in [0.05, 0.1) is 5.75 Å². The van der Waals surface area contributed by atoms with Gasteiger partial charge in [0.1, 0.15) is 0 Å². The van der Waals surface area contributed by atoms with Crippen LogP contribution in [0.5, 0.6) is 0 Å². The molecule has 1 saturated heterocycles. The van der Waals surface area contributed by atoms with E-state index in [1.54, 1.807) is 18.7 Å². The van der Waals surface area contributed by atoms with Crippen molar-refractivity contribution in [3.63, 3.8) is 0 Å². The van der Waals surface area contributed by atoms with Crippen LogP contribution in [0.2, 0.25) is 0 Å². The standard InChI is InChI=1S/C6H12N2O2S2/c1-2-12(9,10)8-7-6-3-4-11-5-6/h8H,2-5H2,1H3/b7-6+. The van der Waals surface area contributed by atoms with Crippen molar-refractivity contribution in [2.24, 2.45) is 5.10 Å². The summed E-state index contributed by atoms with van der Waals surface area (Å²) < 4.78 is 21.9. The molecule has 0 aromatic carbocycles. The molecular formula is C6H12N2O2S2. The van der Waals surface area contributed by atoms with E-state index in [1.165, 1.54) is 0 Å². The second-order valence-corrected chi connectivity index (χ2v) is 5.57. The largest absolute Gasteiger partial charge is 0.247 e. The maximum absolute atomic E-state index is 10.9. The summed E-state index contributed by atoms with van der Waals surface area (Å²) in [5.41, 5.74) is 0.942. The molecule has 1 fully saturated rings. The van der Waals surface area contributed by atoms with Crippen LogP contribution in [0.15, 0.2) is 5.10 Å². The maximum atomic E-state index is 10.9. The van der Waals surface area contributed by atoms with Crippen LogP contribution in [0.3, 0.4) is 0 Å². The molecular weight excluding hydrogens is 196 g/mol. The van der Waals surface area contributed by atoms with Crippen LogP contribution >= 0.6 is 11.8 Å². The zero-order chi connectivity index (χ0) is 9.03. The molecule has 1 rings (SSSR count). The van der Waals surface area contributed by atoms with Crippen molar-refractivity contribution >= 4 is 27.5 Å². The molecule has 1 aliphatic heterocycles. The molecule has 0 radical (unpaired) electrons. The van der Waals surface area contributed by atoms with Crippen molar-refractivity contribution in [1.82, 2.24) is 4.83 Å². The van der Waals surface area contributed by atoms with Crippen molar-refractivity contribution in [2.75, 3.05) is 17.3 Å². The molecule has 12 heavy (non-hydrogen) atoms. The Hall–Kier alpha value is -0.230. The number of hydrogen-bond acceptors (Lipinski definition) is 4. The lowest BCUT2D eigenvalue weighted by atomic mass is 10.3. The molecule has 0 aromatic rings. The molecule has 0 spiro atoms. The van der Waals surface area contributed by atoms with Crippen LogP contribution in [0, 0.1) is 0 Å². The summed E-state index contributed by atoms with van der Waals surface area (Å²) in [5.74, 6) is 1.98. The zero-order valence-corrected chi connectivity index (χ0v) is 8.54. The number of nitrogens with zero attached hydrogens (tertiary/aromatic N) is 1. The highest BCUT2D eigenvalue weighted by Gasteiger charge is 2.10. The van der Waals surface area contributed by atoms with E-state index in [4.69, 9.17) is 0 Å². The van der Waals surface area contributed by atoms with Crippen molar-refractivity contribution in [2.45, 2.75) is 13.3 Å². The van der Waals surface area contributed by atoms with Crippen molar-refractivity contribution in [3.05, 3.63) is 0 Å². The molecule has 1 heterocycles. The van der Waals surface area contributed by atoms with E-state index in [9.17, 15) is 8.42 Å².